The van der Waals surface area contributed by atoms with Crippen LogP contribution in [0.5, 0.6) is 17.2 Å². The lowest BCUT2D eigenvalue weighted by atomic mass is 10.1. The van der Waals surface area contributed by atoms with E-state index >= 15 is 0 Å². The summed E-state index contributed by atoms with van der Waals surface area (Å²) < 4.78 is 16.5. The van der Waals surface area contributed by atoms with Crippen LogP contribution in [0.15, 0.2) is 72.8 Å². The van der Waals surface area contributed by atoms with Gasteiger partial charge in [0.1, 0.15) is 40.4 Å². The molecule has 3 aromatic carbocycles. The van der Waals surface area contributed by atoms with Crippen molar-refractivity contribution in [2.24, 2.45) is 0 Å². The maximum atomic E-state index is 10.6. The summed E-state index contributed by atoms with van der Waals surface area (Å²) in [5, 5.41) is 12.8. The van der Waals surface area contributed by atoms with Crippen molar-refractivity contribution in [2.75, 3.05) is 27.5 Å². The summed E-state index contributed by atoms with van der Waals surface area (Å²) in [5.41, 5.74) is 0. The Hall–Kier alpha value is -2.56. The van der Waals surface area contributed by atoms with Crippen molar-refractivity contribution in [1.82, 2.24) is 0 Å². The Labute approximate surface area is 251 Å². The maximum Gasteiger partial charge on any atom is 0.303 e. The number of benzene rings is 3. The van der Waals surface area contributed by atoms with Crippen molar-refractivity contribution in [3.63, 3.8) is 0 Å². The molecule has 3 aromatic rings. The molecule has 0 saturated heterocycles. The maximum absolute atomic E-state index is 10.6. The smallest absolute Gasteiger partial charge is 0.303 e. The zero-order valence-electron chi connectivity index (χ0n) is 24.1. The fourth-order valence-electron chi connectivity index (χ4n) is 5.21. The largest absolute Gasteiger partial charge is 1.00 e. The second kappa shape index (κ2) is 18.0. The fraction of sp³-hybridized carbons (Fsp3) is 0.424. The minimum atomic E-state index is -1.94. The average molecular weight is 632 g/mol. The first-order valence-electron chi connectivity index (χ1n) is 14.1. The van der Waals surface area contributed by atoms with Crippen molar-refractivity contribution in [1.29, 1.82) is 0 Å². The standard InChI is InChI=1S/C33H43O5P.BrH/c1-36-27-14-20-30(21-15-27)39(31-22-16-28(37-2)17-23-31,32-24-18-29(38-3)19-25-32)26-12-10-8-6-4-5-7-9-11-13-33(34)35;/h14-25H,4-13,26H2,1-3H3;1H. The highest BCUT2D eigenvalue weighted by atomic mass is 79.9. The number of unbranched alkanes of at least 4 members (excludes halogenated alkanes) is 8. The minimum Gasteiger partial charge on any atom is -1.00 e. The molecule has 5 nitrogen and oxygen atoms in total. The molecule has 0 fully saturated rings. The highest BCUT2D eigenvalue weighted by Gasteiger charge is 2.45. The topological polar surface area (TPSA) is 65.0 Å². The Morgan fingerprint density at radius 3 is 1.15 bits per heavy atom. The Kier molecular flexibility index (Phi) is 15.1. The van der Waals surface area contributed by atoms with Gasteiger partial charge in [-0.2, -0.15) is 0 Å². The first-order valence-corrected chi connectivity index (χ1v) is 16.0. The highest BCUT2D eigenvalue weighted by molar-refractivity contribution is 7.95. The molecule has 0 spiro atoms. The number of aliphatic carboxylic acids is 1. The van der Waals surface area contributed by atoms with Crippen LogP contribution in [-0.2, 0) is 4.79 Å². The quantitative estimate of drug-likeness (QED) is 0.170. The van der Waals surface area contributed by atoms with Gasteiger partial charge in [0.05, 0.1) is 27.5 Å². The monoisotopic (exact) mass is 630 g/mol. The normalized spacial score (nSPS) is 11.0. The molecule has 40 heavy (non-hydrogen) atoms. The van der Waals surface area contributed by atoms with Gasteiger partial charge in [0, 0.05) is 6.42 Å². The average Bonchev–Trinajstić information content (AvgIpc) is 2.98. The molecule has 0 radical (unpaired) electrons. The molecule has 7 heteroatoms. The van der Waals surface area contributed by atoms with Gasteiger partial charge in [0.2, 0.25) is 0 Å². The molecule has 0 atom stereocenters. The van der Waals surface area contributed by atoms with Crippen LogP contribution in [-0.4, -0.2) is 38.6 Å². The molecule has 0 aliphatic heterocycles. The van der Waals surface area contributed by atoms with E-state index in [1.165, 1.54) is 48.0 Å². The van der Waals surface area contributed by atoms with E-state index in [0.29, 0.717) is 6.42 Å². The van der Waals surface area contributed by atoms with Crippen molar-refractivity contribution in [3.8, 4) is 17.2 Å². The number of carboxylic acids is 1. The zero-order chi connectivity index (χ0) is 27.9. The third-order valence-electron chi connectivity index (χ3n) is 7.42. The van der Waals surface area contributed by atoms with E-state index in [-0.39, 0.29) is 17.0 Å². The number of methoxy groups -OCH3 is 3. The first-order chi connectivity index (χ1) is 19.0. The molecule has 3 rings (SSSR count). The summed E-state index contributed by atoms with van der Waals surface area (Å²) in [6, 6.07) is 25.9. The summed E-state index contributed by atoms with van der Waals surface area (Å²) in [7, 11) is 3.19. The third-order valence-corrected chi connectivity index (χ3v) is 11.9. The van der Waals surface area contributed by atoms with Gasteiger partial charge in [-0.05, 0) is 92.1 Å². The molecule has 0 aliphatic rings. The Balaban J connectivity index is 0.00000560. The van der Waals surface area contributed by atoms with Crippen molar-refractivity contribution in [2.45, 2.75) is 64.2 Å². The molecule has 0 aromatic heterocycles. The van der Waals surface area contributed by atoms with Gasteiger partial charge in [-0.1, -0.05) is 38.5 Å². The fourth-order valence-corrected chi connectivity index (χ4v) is 9.55. The lowest BCUT2D eigenvalue weighted by Gasteiger charge is -2.28. The lowest BCUT2D eigenvalue weighted by molar-refractivity contribution is -0.137. The third kappa shape index (κ3) is 9.52. The summed E-state index contributed by atoms with van der Waals surface area (Å²) in [6.45, 7) is 0. The highest BCUT2D eigenvalue weighted by Crippen LogP contribution is 2.56. The van der Waals surface area contributed by atoms with E-state index in [0.717, 1.165) is 49.1 Å². The second-order valence-electron chi connectivity index (χ2n) is 9.95. The van der Waals surface area contributed by atoms with Gasteiger partial charge in [0.15, 0.2) is 0 Å². The summed E-state index contributed by atoms with van der Waals surface area (Å²) in [4.78, 5) is 10.6. The van der Waals surface area contributed by atoms with E-state index in [4.69, 9.17) is 19.3 Å². The molecule has 218 valence electrons. The van der Waals surface area contributed by atoms with Gasteiger partial charge >= 0.3 is 5.97 Å². The van der Waals surface area contributed by atoms with Crippen LogP contribution in [0.4, 0.5) is 0 Å². The molecule has 1 N–H and O–H groups in total. The molecule has 0 bridgehead atoms. The Morgan fingerprint density at radius 1 is 0.550 bits per heavy atom. The van der Waals surface area contributed by atoms with Crippen LogP contribution in [0.1, 0.15) is 64.2 Å². The van der Waals surface area contributed by atoms with Crippen molar-refractivity contribution >= 4 is 29.1 Å². The van der Waals surface area contributed by atoms with Crippen LogP contribution in [0.3, 0.4) is 0 Å². The SMILES string of the molecule is COc1ccc([P+](CCCCCCCCCCCC(=O)O)(c2ccc(OC)cc2)c2ccc(OC)cc2)cc1.[Br-]. The first kappa shape index (κ1) is 33.6. The predicted octanol–water partition coefficient (Wildman–Crippen LogP) is 4.00. The molecule has 0 unspecified atom stereocenters. The summed E-state index contributed by atoms with van der Waals surface area (Å²) >= 11 is 0. The van der Waals surface area contributed by atoms with Gasteiger partial charge in [-0.25, -0.2) is 0 Å². The zero-order valence-corrected chi connectivity index (χ0v) is 26.6. The van der Waals surface area contributed by atoms with Crippen LogP contribution >= 0.6 is 7.26 Å². The molecule has 0 saturated carbocycles. The van der Waals surface area contributed by atoms with Crippen LogP contribution in [0.2, 0.25) is 0 Å². The summed E-state index contributed by atoms with van der Waals surface area (Å²) in [6.07, 6.45) is 11.6. The van der Waals surface area contributed by atoms with E-state index in [1.807, 2.05) is 0 Å². The van der Waals surface area contributed by atoms with Crippen LogP contribution in [0.25, 0.3) is 0 Å². The number of ether oxygens (including phenoxy) is 3. The van der Waals surface area contributed by atoms with Gasteiger partial charge in [0.25, 0.3) is 0 Å². The number of hydrogen-bond acceptors (Lipinski definition) is 4. The summed E-state index contributed by atoms with van der Waals surface area (Å²) in [5.74, 6) is 1.91. The Morgan fingerprint density at radius 2 is 0.850 bits per heavy atom. The van der Waals surface area contributed by atoms with Crippen LogP contribution in [0, 0.1) is 0 Å². The van der Waals surface area contributed by atoms with E-state index in [2.05, 4.69) is 72.8 Å². The number of carbonyl (C=O) groups is 1. The van der Waals surface area contributed by atoms with E-state index in [1.54, 1.807) is 21.3 Å². The predicted molar refractivity (Wildman–Crippen MR) is 163 cm³/mol. The van der Waals surface area contributed by atoms with Gasteiger partial charge in [-0.15, -0.1) is 0 Å². The van der Waals surface area contributed by atoms with Crippen molar-refractivity contribution in [3.05, 3.63) is 72.8 Å². The van der Waals surface area contributed by atoms with Crippen molar-refractivity contribution < 1.29 is 41.1 Å². The Bertz CT molecular complexity index is 1000. The number of rotatable bonds is 18. The second-order valence-corrected chi connectivity index (χ2v) is 13.6. The van der Waals surface area contributed by atoms with Gasteiger partial charge < -0.3 is 36.3 Å². The molecule has 0 heterocycles. The molecule has 0 aliphatic carbocycles. The van der Waals surface area contributed by atoms with E-state index in [9.17, 15) is 4.79 Å². The molecular formula is C33H44BrO5P. The number of carboxylic acid groups (broad SMARTS) is 1. The van der Waals surface area contributed by atoms with Gasteiger partial charge in [-0.3, -0.25) is 4.79 Å². The molecule has 0 amide bonds. The van der Waals surface area contributed by atoms with E-state index < -0.39 is 13.2 Å². The van der Waals surface area contributed by atoms with Crippen LogP contribution < -0.4 is 47.1 Å². The number of halogens is 1. The lowest BCUT2D eigenvalue weighted by Crippen LogP contribution is -3.00. The number of hydrogen-bond donors (Lipinski definition) is 1. The minimum absolute atomic E-state index is 0. The molecular weight excluding hydrogens is 587 g/mol.